The van der Waals surface area contributed by atoms with Crippen molar-refractivity contribution in [2.75, 3.05) is 5.75 Å². The molecular formula is C22H28N4O4S. The number of aromatic nitrogens is 2. The number of rotatable bonds is 4. The number of piperidine rings is 1. The Morgan fingerprint density at radius 1 is 1.10 bits per heavy atom. The predicted octanol–water partition coefficient (Wildman–Crippen LogP) is 2.39. The molecule has 166 valence electrons. The molecule has 2 atom stereocenters. The van der Waals surface area contributed by atoms with Gasteiger partial charge >= 0.3 is 5.69 Å². The van der Waals surface area contributed by atoms with Gasteiger partial charge in [-0.3, -0.25) is 18.7 Å². The summed E-state index contributed by atoms with van der Waals surface area (Å²) in [6.45, 7) is 4.09. The summed E-state index contributed by atoms with van der Waals surface area (Å²) >= 11 is 1.10. The number of carbonyl (C=O) groups excluding carboxylic acids is 1. The van der Waals surface area contributed by atoms with Crippen LogP contribution in [0.25, 0.3) is 0 Å². The number of hydrogen-bond acceptors (Lipinski definition) is 6. The van der Waals surface area contributed by atoms with Crippen LogP contribution < -0.4 is 11.2 Å². The molecule has 2 heterocycles. The zero-order chi connectivity index (χ0) is 22.7. The quantitative estimate of drug-likeness (QED) is 0.577. The van der Waals surface area contributed by atoms with Gasteiger partial charge in [-0.15, -0.1) is 0 Å². The third kappa shape index (κ3) is 4.76. The highest BCUT2D eigenvalue weighted by molar-refractivity contribution is 8.15. The fourth-order valence-corrected chi connectivity index (χ4v) is 4.82. The topological polar surface area (TPSA) is 96.9 Å². The molecule has 1 fully saturated rings. The van der Waals surface area contributed by atoms with E-state index in [0.29, 0.717) is 5.69 Å². The van der Waals surface area contributed by atoms with E-state index in [9.17, 15) is 19.5 Å². The van der Waals surface area contributed by atoms with E-state index in [2.05, 4.69) is 4.99 Å². The molecule has 0 unspecified atom stereocenters. The van der Waals surface area contributed by atoms with E-state index >= 15 is 0 Å². The second-order valence-electron chi connectivity index (χ2n) is 7.88. The van der Waals surface area contributed by atoms with E-state index in [0.717, 1.165) is 40.2 Å². The third-order valence-corrected chi connectivity index (χ3v) is 6.61. The van der Waals surface area contributed by atoms with E-state index in [-0.39, 0.29) is 34.4 Å². The van der Waals surface area contributed by atoms with Crippen LogP contribution in [-0.2, 0) is 18.9 Å². The number of likely N-dealkylation sites (tertiary alicyclic amines) is 1. The van der Waals surface area contributed by atoms with Crippen molar-refractivity contribution in [3.05, 3.63) is 56.7 Å². The number of carbonyl (C=O) groups is 1. The summed E-state index contributed by atoms with van der Waals surface area (Å²) < 4.78 is 1.92. The number of nitrogens with zero attached hydrogens (tertiary/aromatic N) is 4. The first-order chi connectivity index (χ1) is 14.7. The summed E-state index contributed by atoms with van der Waals surface area (Å²) in [7, 11) is 2.73. The molecule has 0 spiro atoms. The Hall–Kier alpha value is -2.81. The first kappa shape index (κ1) is 22.9. The number of amides is 1. The van der Waals surface area contributed by atoms with E-state index in [1.165, 1.54) is 14.1 Å². The molecule has 1 aromatic carbocycles. The average molecular weight is 445 g/mol. The normalized spacial score (nSPS) is 19.5. The number of aliphatic imine (C=N–C) groups is 1. The van der Waals surface area contributed by atoms with Gasteiger partial charge in [0.25, 0.3) is 5.56 Å². The van der Waals surface area contributed by atoms with Crippen LogP contribution in [0.4, 0.5) is 5.69 Å². The van der Waals surface area contributed by atoms with Gasteiger partial charge in [-0.25, -0.2) is 9.79 Å². The van der Waals surface area contributed by atoms with Gasteiger partial charge in [0.15, 0.2) is 0 Å². The van der Waals surface area contributed by atoms with Crippen LogP contribution in [0, 0.1) is 0 Å². The molecule has 31 heavy (non-hydrogen) atoms. The van der Waals surface area contributed by atoms with Crippen molar-refractivity contribution in [1.82, 2.24) is 14.0 Å². The zero-order valence-electron chi connectivity index (χ0n) is 18.2. The van der Waals surface area contributed by atoms with Crippen LogP contribution in [0.15, 0.2) is 44.9 Å². The monoisotopic (exact) mass is 444 g/mol. The van der Waals surface area contributed by atoms with Crippen LogP contribution in [0.5, 0.6) is 5.88 Å². The zero-order valence-corrected chi connectivity index (χ0v) is 19.1. The van der Waals surface area contributed by atoms with Crippen molar-refractivity contribution < 1.29 is 9.90 Å². The maximum atomic E-state index is 13.0. The van der Waals surface area contributed by atoms with Gasteiger partial charge in [0.1, 0.15) is 10.6 Å². The molecule has 1 aliphatic heterocycles. The summed E-state index contributed by atoms with van der Waals surface area (Å²) in [6, 6.07) is 9.30. The van der Waals surface area contributed by atoms with Gasteiger partial charge in [0.2, 0.25) is 11.8 Å². The molecule has 1 N–H and O–H groups in total. The second-order valence-corrected chi connectivity index (χ2v) is 8.84. The summed E-state index contributed by atoms with van der Waals surface area (Å²) in [4.78, 5) is 44.4. The van der Waals surface area contributed by atoms with Crippen molar-refractivity contribution in [3.63, 3.8) is 0 Å². The highest BCUT2D eigenvalue weighted by Crippen LogP contribution is 2.26. The van der Waals surface area contributed by atoms with Crippen molar-refractivity contribution in [3.8, 4) is 5.88 Å². The number of hydrogen-bond donors (Lipinski definition) is 1. The van der Waals surface area contributed by atoms with E-state index in [1.807, 2.05) is 36.9 Å². The Bertz CT molecular complexity index is 1100. The Balaban J connectivity index is 2.00. The Kier molecular flexibility index (Phi) is 7.04. The van der Waals surface area contributed by atoms with Crippen LogP contribution >= 0.6 is 11.8 Å². The maximum absolute atomic E-state index is 13.0. The highest BCUT2D eigenvalue weighted by atomic mass is 32.2. The fraction of sp³-hybridized carbons (Fsp3) is 0.455. The molecule has 0 aliphatic carbocycles. The van der Waals surface area contributed by atoms with E-state index in [4.69, 9.17) is 0 Å². The molecule has 9 heteroatoms. The Morgan fingerprint density at radius 2 is 1.71 bits per heavy atom. The molecular weight excluding hydrogens is 416 g/mol. The van der Waals surface area contributed by atoms with Crippen LogP contribution in [0.1, 0.15) is 38.7 Å². The third-order valence-electron chi connectivity index (χ3n) is 5.65. The standard InChI is InChI=1S/C22H28N4O4S/c1-14-9-8-10-15(2)26(14)17(27)13-31-19(23-16-11-6-5-7-12-16)18-20(28)24(3)22(30)25(4)21(18)29/h5-7,11-12,14-15,28H,8-10,13H2,1-4H3/t14-,15+. The van der Waals surface area contributed by atoms with Gasteiger partial charge < -0.3 is 10.0 Å². The van der Waals surface area contributed by atoms with Crippen LogP contribution in [0.2, 0.25) is 0 Å². The van der Waals surface area contributed by atoms with Gasteiger partial charge in [-0.05, 0) is 45.2 Å². The molecule has 2 aromatic rings. The van der Waals surface area contributed by atoms with Gasteiger partial charge in [-0.1, -0.05) is 30.0 Å². The molecule has 1 amide bonds. The minimum Gasteiger partial charge on any atom is -0.494 e. The molecule has 1 saturated heterocycles. The van der Waals surface area contributed by atoms with Gasteiger partial charge in [0.05, 0.1) is 11.4 Å². The molecule has 0 bridgehead atoms. The average Bonchev–Trinajstić information content (AvgIpc) is 2.75. The first-order valence-corrected chi connectivity index (χ1v) is 11.3. The molecule has 0 radical (unpaired) electrons. The largest absolute Gasteiger partial charge is 0.494 e. The van der Waals surface area contributed by atoms with Gasteiger partial charge in [-0.2, -0.15) is 0 Å². The number of thioether (sulfide) groups is 1. The molecule has 1 aromatic heterocycles. The lowest BCUT2D eigenvalue weighted by atomic mass is 9.98. The molecule has 0 saturated carbocycles. The van der Waals surface area contributed by atoms with Crippen LogP contribution in [0.3, 0.4) is 0 Å². The highest BCUT2D eigenvalue weighted by Gasteiger charge is 2.30. The van der Waals surface area contributed by atoms with Crippen molar-refractivity contribution in [1.29, 1.82) is 0 Å². The minimum absolute atomic E-state index is 0.0356. The summed E-state index contributed by atoms with van der Waals surface area (Å²) in [5, 5.41) is 10.8. The second kappa shape index (κ2) is 9.55. The lowest BCUT2D eigenvalue weighted by molar-refractivity contribution is -0.134. The number of para-hydroxylation sites is 1. The Morgan fingerprint density at radius 3 is 2.32 bits per heavy atom. The molecule has 3 rings (SSSR count). The van der Waals surface area contributed by atoms with Crippen molar-refractivity contribution >= 4 is 28.4 Å². The molecule has 8 nitrogen and oxygen atoms in total. The van der Waals surface area contributed by atoms with Crippen LogP contribution in [-0.4, -0.2) is 47.9 Å². The first-order valence-electron chi connectivity index (χ1n) is 10.3. The van der Waals surface area contributed by atoms with Gasteiger partial charge in [0, 0.05) is 26.2 Å². The van der Waals surface area contributed by atoms with E-state index < -0.39 is 17.1 Å². The molecule has 1 aliphatic rings. The van der Waals surface area contributed by atoms with Crippen molar-refractivity contribution in [2.45, 2.75) is 45.2 Å². The fourth-order valence-electron chi connectivity index (χ4n) is 3.92. The number of benzene rings is 1. The van der Waals surface area contributed by atoms with E-state index in [1.54, 1.807) is 12.1 Å². The number of aromatic hydroxyl groups is 1. The smallest absolute Gasteiger partial charge is 0.333 e. The maximum Gasteiger partial charge on any atom is 0.333 e. The SMILES string of the molecule is C[C@@H]1CCC[C@H](C)N1C(=O)CSC(=Nc1ccccc1)c1c(O)n(C)c(=O)n(C)c1=O. The lowest BCUT2D eigenvalue weighted by Gasteiger charge is -2.39. The predicted molar refractivity (Wildman–Crippen MR) is 123 cm³/mol. The Labute approximate surface area is 185 Å². The summed E-state index contributed by atoms with van der Waals surface area (Å²) in [6.07, 6.45) is 3.03. The van der Waals surface area contributed by atoms with Crippen molar-refractivity contribution in [2.24, 2.45) is 19.1 Å². The minimum atomic E-state index is -0.657. The summed E-state index contributed by atoms with van der Waals surface area (Å²) in [5.74, 6) is -0.430. The summed E-state index contributed by atoms with van der Waals surface area (Å²) in [5.41, 5.74) is -0.809. The lowest BCUT2D eigenvalue weighted by Crippen LogP contribution is -2.48.